The number of nitrogens with zero attached hydrogens (tertiary/aromatic N) is 2. The lowest BCUT2D eigenvalue weighted by Crippen LogP contribution is -2.36. The Bertz CT molecular complexity index is 568. The summed E-state index contributed by atoms with van der Waals surface area (Å²) in [7, 11) is 3.20. The highest BCUT2D eigenvalue weighted by molar-refractivity contribution is 5.96. The van der Waals surface area contributed by atoms with Crippen LogP contribution in [0, 0.1) is 0 Å². The minimum atomic E-state index is -1.05. The van der Waals surface area contributed by atoms with Gasteiger partial charge in [0.1, 0.15) is 0 Å². The molecule has 6 nitrogen and oxygen atoms in total. The predicted molar refractivity (Wildman–Crippen MR) is 88.3 cm³/mol. The topological polar surface area (TPSA) is 70.1 Å². The molecule has 1 aliphatic heterocycles. The zero-order valence-corrected chi connectivity index (χ0v) is 13.7. The molecule has 1 fully saturated rings. The lowest BCUT2D eigenvalue weighted by molar-refractivity contribution is 0.0600. The van der Waals surface area contributed by atoms with Crippen LogP contribution in [0.4, 0.5) is 5.69 Å². The molecule has 0 saturated carbocycles. The van der Waals surface area contributed by atoms with Crippen LogP contribution in [-0.2, 0) is 4.74 Å². The number of carbonyl (C=O) groups excluding carboxylic acids is 1. The average molecular weight is 320 g/mol. The van der Waals surface area contributed by atoms with E-state index in [1.807, 2.05) is 11.9 Å². The number of methoxy groups -OCH3 is 1. The summed E-state index contributed by atoms with van der Waals surface area (Å²) < 4.78 is 4.70. The summed E-state index contributed by atoms with van der Waals surface area (Å²) in [5.41, 5.74) is 1.06. The summed E-state index contributed by atoms with van der Waals surface area (Å²) in [5.74, 6) is -1.58. The van der Waals surface area contributed by atoms with Crippen LogP contribution in [0.2, 0.25) is 0 Å². The number of hydrogen-bond donors (Lipinski definition) is 1. The molecule has 6 heteroatoms. The van der Waals surface area contributed by atoms with Crippen molar-refractivity contribution in [3.8, 4) is 0 Å². The number of rotatable bonds is 6. The van der Waals surface area contributed by atoms with Crippen molar-refractivity contribution in [2.24, 2.45) is 0 Å². The molecule has 0 aliphatic carbocycles. The number of anilines is 1. The smallest absolute Gasteiger partial charge is 0.337 e. The Morgan fingerprint density at radius 1 is 1.17 bits per heavy atom. The number of piperidine rings is 1. The number of ether oxygens (including phenoxy) is 1. The Hall–Kier alpha value is -2.08. The first-order valence-electron chi connectivity index (χ1n) is 7.91. The van der Waals surface area contributed by atoms with E-state index >= 15 is 0 Å². The van der Waals surface area contributed by atoms with E-state index in [1.165, 1.54) is 32.4 Å². The van der Waals surface area contributed by atoms with Crippen LogP contribution in [0.1, 0.15) is 40.0 Å². The van der Waals surface area contributed by atoms with Gasteiger partial charge >= 0.3 is 11.9 Å². The highest BCUT2D eigenvalue weighted by Crippen LogP contribution is 2.20. The minimum absolute atomic E-state index is 0.0905. The van der Waals surface area contributed by atoms with Gasteiger partial charge in [-0.2, -0.15) is 0 Å². The van der Waals surface area contributed by atoms with Gasteiger partial charge in [0.2, 0.25) is 0 Å². The number of carboxylic acid groups (broad SMARTS) is 1. The van der Waals surface area contributed by atoms with E-state index in [-0.39, 0.29) is 11.1 Å². The zero-order chi connectivity index (χ0) is 16.8. The zero-order valence-electron chi connectivity index (χ0n) is 13.7. The molecular weight excluding hydrogens is 296 g/mol. The predicted octanol–water partition coefficient (Wildman–Crippen LogP) is 2.09. The number of aromatic carboxylic acids is 1. The van der Waals surface area contributed by atoms with Crippen molar-refractivity contribution in [1.29, 1.82) is 0 Å². The van der Waals surface area contributed by atoms with Crippen LogP contribution in [0.25, 0.3) is 0 Å². The molecule has 1 aromatic carbocycles. The maximum Gasteiger partial charge on any atom is 0.337 e. The molecule has 2 rings (SSSR count). The second kappa shape index (κ2) is 7.97. The fraction of sp³-hybridized carbons (Fsp3) is 0.529. The average Bonchev–Trinajstić information content (AvgIpc) is 2.59. The van der Waals surface area contributed by atoms with Gasteiger partial charge in [-0.15, -0.1) is 0 Å². The van der Waals surface area contributed by atoms with Gasteiger partial charge in [0.05, 0.1) is 18.2 Å². The fourth-order valence-corrected chi connectivity index (χ4v) is 2.79. The van der Waals surface area contributed by atoms with Gasteiger partial charge < -0.3 is 19.6 Å². The Labute approximate surface area is 136 Å². The van der Waals surface area contributed by atoms with E-state index in [1.54, 1.807) is 12.1 Å². The van der Waals surface area contributed by atoms with E-state index in [0.717, 1.165) is 26.2 Å². The van der Waals surface area contributed by atoms with Crippen LogP contribution in [0.5, 0.6) is 0 Å². The lowest BCUT2D eigenvalue weighted by atomic mass is 10.1. The minimum Gasteiger partial charge on any atom is -0.478 e. The van der Waals surface area contributed by atoms with Gasteiger partial charge in [0.25, 0.3) is 0 Å². The van der Waals surface area contributed by atoms with Crippen molar-refractivity contribution >= 4 is 17.6 Å². The number of carboxylic acids is 1. The monoisotopic (exact) mass is 320 g/mol. The van der Waals surface area contributed by atoms with Gasteiger partial charge in [-0.3, -0.25) is 0 Å². The number of carbonyl (C=O) groups is 2. The molecule has 1 aromatic rings. The Morgan fingerprint density at radius 2 is 1.83 bits per heavy atom. The van der Waals surface area contributed by atoms with E-state index < -0.39 is 11.9 Å². The molecule has 0 spiro atoms. The van der Waals surface area contributed by atoms with Crippen molar-refractivity contribution in [2.45, 2.75) is 19.3 Å². The maximum absolute atomic E-state index is 11.7. The Balaban J connectivity index is 2.11. The van der Waals surface area contributed by atoms with Crippen LogP contribution in [0.15, 0.2) is 18.2 Å². The van der Waals surface area contributed by atoms with E-state index in [2.05, 4.69) is 4.90 Å². The Morgan fingerprint density at radius 3 is 2.43 bits per heavy atom. The number of benzene rings is 1. The molecule has 0 aromatic heterocycles. The van der Waals surface area contributed by atoms with Crippen molar-refractivity contribution in [1.82, 2.24) is 4.90 Å². The molecule has 126 valence electrons. The molecule has 0 amide bonds. The molecule has 1 aliphatic rings. The molecule has 0 atom stereocenters. The molecular formula is C17H24N2O4. The van der Waals surface area contributed by atoms with E-state index in [4.69, 9.17) is 4.74 Å². The molecule has 0 bridgehead atoms. The van der Waals surface area contributed by atoms with Crippen LogP contribution in [0.3, 0.4) is 0 Å². The van der Waals surface area contributed by atoms with Crippen molar-refractivity contribution in [3.05, 3.63) is 29.3 Å². The highest BCUT2D eigenvalue weighted by Gasteiger charge is 2.15. The second-order valence-electron chi connectivity index (χ2n) is 5.89. The molecule has 23 heavy (non-hydrogen) atoms. The van der Waals surface area contributed by atoms with Gasteiger partial charge in [-0.1, -0.05) is 6.42 Å². The third kappa shape index (κ3) is 4.69. The molecule has 1 saturated heterocycles. The van der Waals surface area contributed by atoms with Crippen LogP contribution in [-0.4, -0.2) is 62.3 Å². The molecule has 1 N–H and O–H groups in total. The quantitative estimate of drug-likeness (QED) is 0.810. The summed E-state index contributed by atoms with van der Waals surface area (Å²) in [6.07, 6.45) is 3.78. The highest BCUT2D eigenvalue weighted by atomic mass is 16.5. The molecule has 0 radical (unpaired) electrons. The fourth-order valence-electron chi connectivity index (χ4n) is 2.79. The second-order valence-corrected chi connectivity index (χ2v) is 5.89. The summed E-state index contributed by atoms with van der Waals surface area (Å²) in [6.45, 7) is 3.96. The Kier molecular flexibility index (Phi) is 5.98. The first kappa shape index (κ1) is 17.3. The molecule has 0 unspecified atom stereocenters. The summed E-state index contributed by atoms with van der Waals surface area (Å²) in [5, 5.41) is 9.22. The normalized spacial score (nSPS) is 15.2. The third-order valence-corrected chi connectivity index (χ3v) is 4.23. The first-order chi connectivity index (χ1) is 11.0. The molecule has 1 heterocycles. The van der Waals surface area contributed by atoms with Gasteiger partial charge in [-0.25, -0.2) is 9.59 Å². The largest absolute Gasteiger partial charge is 0.478 e. The van der Waals surface area contributed by atoms with Crippen molar-refractivity contribution < 1.29 is 19.4 Å². The van der Waals surface area contributed by atoms with E-state index in [0.29, 0.717) is 5.69 Å². The van der Waals surface area contributed by atoms with Gasteiger partial charge in [0.15, 0.2) is 0 Å². The summed E-state index contributed by atoms with van der Waals surface area (Å²) >= 11 is 0. The van der Waals surface area contributed by atoms with Crippen molar-refractivity contribution in [3.63, 3.8) is 0 Å². The maximum atomic E-state index is 11.7. The number of esters is 1. The van der Waals surface area contributed by atoms with Gasteiger partial charge in [0, 0.05) is 25.8 Å². The summed E-state index contributed by atoms with van der Waals surface area (Å²) in [6, 6.07) is 4.61. The van der Waals surface area contributed by atoms with Crippen LogP contribution >= 0.6 is 0 Å². The number of likely N-dealkylation sites (N-methyl/N-ethyl adjacent to an activating group) is 1. The summed E-state index contributed by atoms with van der Waals surface area (Å²) in [4.78, 5) is 27.4. The van der Waals surface area contributed by atoms with Crippen molar-refractivity contribution in [2.75, 3.05) is 45.2 Å². The van der Waals surface area contributed by atoms with E-state index in [9.17, 15) is 14.7 Å². The number of likely N-dealkylation sites (tertiary alicyclic amines) is 1. The SMILES string of the molecule is COC(=O)c1cc(C(=O)O)cc(N(C)CCN2CCCCC2)c1. The first-order valence-corrected chi connectivity index (χ1v) is 7.91. The van der Waals surface area contributed by atoms with Gasteiger partial charge in [-0.05, 0) is 44.1 Å². The standard InChI is InChI=1S/C17H24N2O4/c1-18(8-9-19-6-4-3-5-7-19)15-11-13(16(20)21)10-14(12-15)17(22)23-2/h10-12H,3-9H2,1-2H3,(H,20,21). The number of hydrogen-bond acceptors (Lipinski definition) is 5. The van der Waals surface area contributed by atoms with Crippen LogP contribution < -0.4 is 4.90 Å². The lowest BCUT2D eigenvalue weighted by Gasteiger charge is -2.29. The third-order valence-electron chi connectivity index (χ3n) is 4.23.